The number of carbonyl (C=O) groups excluding carboxylic acids is 1. The van der Waals surface area contributed by atoms with Gasteiger partial charge in [-0.15, -0.1) is 0 Å². The molecule has 40 heavy (non-hydrogen) atoms. The number of rotatable bonds is 5. The molecule has 1 amide bonds. The zero-order valence-electron chi connectivity index (χ0n) is 23.5. The van der Waals surface area contributed by atoms with E-state index < -0.39 is 22.7 Å². The Balaban J connectivity index is 1.22. The summed E-state index contributed by atoms with van der Waals surface area (Å²) in [5.74, 6) is 0.806. The molecule has 7 atom stereocenters. The summed E-state index contributed by atoms with van der Waals surface area (Å²) in [6, 6.07) is 10.2. The monoisotopic (exact) mass is 548 g/mol. The number of phenols is 2. The minimum Gasteiger partial charge on any atom is -0.508 e. The SMILES string of the molecule is Cc1ccc(O)c2c1[C@]13CCN(CC4(O)CC4)[C@H](C)[C@]1(O)CCC(N(C)C(=O)C1CC1c1ccc(O)cc1)[C@@H]3O2. The van der Waals surface area contributed by atoms with Gasteiger partial charge < -0.3 is 30.1 Å². The molecule has 4 fully saturated rings. The molecule has 0 aromatic heterocycles. The van der Waals surface area contributed by atoms with Gasteiger partial charge in [-0.05, 0) is 94.2 Å². The third-order valence-corrected chi connectivity index (χ3v) is 11.1. The van der Waals surface area contributed by atoms with Crippen LogP contribution in [0.2, 0.25) is 0 Å². The van der Waals surface area contributed by atoms with Gasteiger partial charge in [0.05, 0.1) is 22.7 Å². The van der Waals surface area contributed by atoms with Gasteiger partial charge in [0.1, 0.15) is 11.9 Å². The number of aliphatic hydroxyl groups is 2. The average Bonchev–Trinajstić information content (AvgIpc) is 3.84. The summed E-state index contributed by atoms with van der Waals surface area (Å²) in [5, 5.41) is 44.0. The minimum absolute atomic E-state index is 0.0661. The van der Waals surface area contributed by atoms with E-state index in [0.29, 0.717) is 38.1 Å². The highest BCUT2D eigenvalue weighted by Gasteiger charge is 2.71. The Hall–Kier alpha value is -2.81. The van der Waals surface area contributed by atoms with Crippen LogP contribution in [-0.2, 0) is 10.2 Å². The first-order chi connectivity index (χ1) is 19.0. The number of hydrogen-bond donors (Lipinski definition) is 4. The number of β-amino-alcohol motifs (C(OH)–C–C–N with tert-alkyl or cyclic N) is 1. The van der Waals surface area contributed by atoms with Crippen molar-refractivity contribution in [1.82, 2.24) is 9.80 Å². The van der Waals surface area contributed by atoms with Crippen molar-refractivity contribution in [2.45, 2.75) is 93.1 Å². The Labute approximate surface area is 235 Å². The van der Waals surface area contributed by atoms with Gasteiger partial charge in [0, 0.05) is 31.1 Å². The third-order valence-electron chi connectivity index (χ3n) is 11.1. The van der Waals surface area contributed by atoms with Crippen molar-refractivity contribution in [3.63, 3.8) is 0 Å². The average molecular weight is 549 g/mol. The van der Waals surface area contributed by atoms with E-state index in [4.69, 9.17) is 4.74 Å². The van der Waals surface area contributed by atoms with Crippen molar-refractivity contribution in [3.8, 4) is 17.2 Å². The molecule has 214 valence electrons. The summed E-state index contributed by atoms with van der Waals surface area (Å²) in [6.07, 6.45) is 3.55. The van der Waals surface area contributed by atoms with Crippen LogP contribution in [0.1, 0.15) is 68.1 Å². The topological polar surface area (TPSA) is 114 Å². The lowest BCUT2D eigenvalue weighted by atomic mass is 9.51. The van der Waals surface area contributed by atoms with Gasteiger partial charge in [-0.3, -0.25) is 9.69 Å². The molecule has 1 spiro atoms. The molecule has 4 N–H and O–H groups in total. The van der Waals surface area contributed by atoms with Crippen molar-refractivity contribution in [2.24, 2.45) is 5.92 Å². The summed E-state index contributed by atoms with van der Waals surface area (Å²) >= 11 is 0. The molecule has 0 bridgehead atoms. The number of carbonyl (C=O) groups is 1. The Morgan fingerprint density at radius 3 is 2.50 bits per heavy atom. The molecule has 2 aliphatic heterocycles. The first kappa shape index (κ1) is 26.1. The number of fused-ring (bicyclic) bond motifs is 1. The van der Waals surface area contributed by atoms with Crippen molar-refractivity contribution in [3.05, 3.63) is 53.1 Å². The zero-order valence-corrected chi connectivity index (χ0v) is 23.5. The van der Waals surface area contributed by atoms with Crippen LogP contribution >= 0.6 is 0 Å². The Morgan fingerprint density at radius 1 is 1.07 bits per heavy atom. The number of likely N-dealkylation sites (N-methyl/N-ethyl adjacent to an activating group) is 1. The van der Waals surface area contributed by atoms with Crippen LogP contribution < -0.4 is 4.74 Å². The highest BCUT2D eigenvalue weighted by Crippen LogP contribution is 2.63. The first-order valence-corrected chi connectivity index (χ1v) is 14.7. The lowest BCUT2D eigenvalue weighted by Gasteiger charge is -2.62. The lowest BCUT2D eigenvalue weighted by Crippen LogP contribution is -2.76. The van der Waals surface area contributed by atoms with Crippen LogP contribution in [0.5, 0.6) is 17.2 Å². The maximum atomic E-state index is 13.8. The largest absolute Gasteiger partial charge is 0.508 e. The zero-order chi connectivity index (χ0) is 28.2. The molecule has 8 nitrogen and oxygen atoms in total. The highest BCUT2D eigenvalue weighted by molar-refractivity contribution is 5.83. The second-order valence-electron chi connectivity index (χ2n) is 13.3. The molecular weight excluding hydrogens is 508 g/mol. The summed E-state index contributed by atoms with van der Waals surface area (Å²) in [6.45, 7) is 5.30. The van der Waals surface area contributed by atoms with Gasteiger partial charge >= 0.3 is 0 Å². The number of phenolic OH excluding ortho intramolecular Hbond substituents is 2. The van der Waals surface area contributed by atoms with Gasteiger partial charge in [-0.2, -0.15) is 0 Å². The number of aryl methyl sites for hydroxylation is 1. The summed E-state index contributed by atoms with van der Waals surface area (Å²) in [7, 11) is 1.86. The van der Waals surface area contributed by atoms with E-state index in [1.54, 1.807) is 18.2 Å². The quantitative estimate of drug-likeness (QED) is 0.454. The molecule has 1 saturated heterocycles. The van der Waals surface area contributed by atoms with E-state index in [-0.39, 0.29) is 41.3 Å². The number of aromatic hydroxyl groups is 2. The fourth-order valence-electron chi connectivity index (χ4n) is 8.48. The normalized spacial score (nSPS) is 37.1. The van der Waals surface area contributed by atoms with Crippen LogP contribution in [0.3, 0.4) is 0 Å². The second-order valence-corrected chi connectivity index (χ2v) is 13.3. The minimum atomic E-state index is -1.15. The summed E-state index contributed by atoms with van der Waals surface area (Å²) in [4.78, 5) is 17.9. The summed E-state index contributed by atoms with van der Waals surface area (Å²) in [5.41, 5.74) is 0.302. The van der Waals surface area contributed by atoms with Crippen molar-refractivity contribution in [1.29, 1.82) is 0 Å². The Kier molecular flexibility index (Phi) is 5.61. The molecule has 5 aliphatic rings. The van der Waals surface area contributed by atoms with E-state index in [0.717, 1.165) is 36.0 Å². The Bertz CT molecular complexity index is 1360. The molecular formula is C32H40N2O6. The van der Waals surface area contributed by atoms with Crippen molar-refractivity contribution in [2.75, 3.05) is 20.1 Å². The molecule has 0 radical (unpaired) electrons. The number of benzene rings is 2. The fraction of sp³-hybridized carbons (Fsp3) is 0.594. The van der Waals surface area contributed by atoms with Crippen molar-refractivity contribution >= 4 is 5.91 Å². The molecule has 2 aromatic carbocycles. The van der Waals surface area contributed by atoms with Crippen molar-refractivity contribution < 1.29 is 30.0 Å². The third kappa shape index (κ3) is 3.58. The van der Waals surface area contributed by atoms with Gasteiger partial charge in [-0.1, -0.05) is 18.2 Å². The van der Waals surface area contributed by atoms with E-state index in [2.05, 4.69) is 11.8 Å². The first-order valence-electron chi connectivity index (χ1n) is 14.7. The van der Waals surface area contributed by atoms with Gasteiger partial charge in [0.25, 0.3) is 0 Å². The number of hydrogen-bond acceptors (Lipinski definition) is 7. The predicted molar refractivity (Wildman–Crippen MR) is 148 cm³/mol. The predicted octanol–water partition coefficient (Wildman–Crippen LogP) is 3.18. The van der Waals surface area contributed by atoms with Crippen LogP contribution in [0, 0.1) is 12.8 Å². The maximum absolute atomic E-state index is 13.8. The molecule has 8 heteroatoms. The second kappa shape index (κ2) is 8.60. The standard InChI is InChI=1S/C32H40N2O6/c1-18-4-9-25(36)27-26(18)31-14-15-34(17-30(38)12-13-30)19(2)32(31,39)11-10-24(28(31)40-27)33(3)29(37)23-16-22(23)20-5-7-21(35)8-6-20/h4-9,19,22-24,28,35-36,38-39H,10-17H2,1-3H3/t19-,22?,23?,24?,28+,31+,32-/m1/s1. The van der Waals surface area contributed by atoms with Crippen LogP contribution in [0.15, 0.2) is 36.4 Å². The number of piperidine rings is 1. The van der Waals surface area contributed by atoms with E-state index in [1.807, 2.05) is 37.1 Å². The molecule has 2 heterocycles. The molecule has 3 unspecified atom stereocenters. The lowest BCUT2D eigenvalue weighted by molar-refractivity contribution is -0.195. The molecule has 7 rings (SSSR count). The van der Waals surface area contributed by atoms with Gasteiger partial charge in [0.2, 0.25) is 5.91 Å². The van der Waals surface area contributed by atoms with Crippen LogP contribution in [0.25, 0.3) is 0 Å². The van der Waals surface area contributed by atoms with Gasteiger partial charge in [0.15, 0.2) is 11.5 Å². The smallest absolute Gasteiger partial charge is 0.226 e. The Morgan fingerprint density at radius 2 is 1.80 bits per heavy atom. The fourth-order valence-corrected chi connectivity index (χ4v) is 8.48. The number of amides is 1. The van der Waals surface area contributed by atoms with Crippen LogP contribution in [-0.4, -0.2) is 85.7 Å². The number of ether oxygens (including phenoxy) is 1. The molecule has 2 aromatic rings. The van der Waals surface area contributed by atoms with Crippen LogP contribution in [0.4, 0.5) is 0 Å². The highest BCUT2D eigenvalue weighted by atomic mass is 16.5. The number of nitrogens with zero attached hydrogens (tertiary/aromatic N) is 2. The van der Waals surface area contributed by atoms with E-state index in [1.165, 1.54) is 0 Å². The molecule has 3 aliphatic carbocycles. The van der Waals surface area contributed by atoms with E-state index in [9.17, 15) is 25.2 Å². The van der Waals surface area contributed by atoms with Gasteiger partial charge in [-0.25, -0.2) is 0 Å². The molecule has 3 saturated carbocycles. The summed E-state index contributed by atoms with van der Waals surface area (Å²) < 4.78 is 6.65. The van der Waals surface area contributed by atoms with E-state index >= 15 is 0 Å². The number of likely N-dealkylation sites (tertiary alicyclic amines) is 1. The maximum Gasteiger partial charge on any atom is 0.226 e.